The first kappa shape index (κ1) is 24.7. The average Bonchev–Trinajstić information content (AvgIpc) is 3.47. The van der Waals surface area contributed by atoms with Crippen LogP contribution in [0.1, 0.15) is 43.2 Å². The van der Waals surface area contributed by atoms with Gasteiger partial charge in [-0.25, -0.2) is 4.79 Å². The standard InChI is InChI=1S/C27H32N2O6/c1-2-7-17(25(30)28-14-19-12-18(15-34-19)26(31)32)13-29-27(33)35-16-24-22-10-5-3-8-20(22)21-9-4-6-11-23(21)24/h3-6,8-11,17-19,24H,2,7,12-16H2,1H3,(H,28,30)(H,29,33)(H,31,32). The zero-order valence-electron chi connectivity index (χ0n) is 19.9. The Morgan fingerprint density at radius 3 is 2.31 bits per heavy atom. The van der Waals surface area contributed by atoms with E-state index in [-0.39, 0.29) is 44.2 Å². The maximum Gasteiger partial charge on any atom is 0.407 e. The van der Waals surface area contributed by atoms with Gasteiger partial charge in [0.2, 0.25) is 5.91 Å². The second-order valence-electron chi connectivity index (χ2n) is 9.16. The van der Waals surface area contributed by atoms with Crippen LogP contribution in [0, 0.1) is 11.8 Å². The van der Waals surface area contributed by atoms with E-state index >= 15 is 0 Å². The third-order valence-electron chi connectivity index (χ3n) is 6.78. The number of nitrogens with one attached hydrogen (secondary N) is 2. The number of hydrogen-bond donors (Lipinski definition) is 3. The number of aliphatic carboxylic acids is 1. The Morgan fingerprint density at radius 2 is 1.71 bits per heavy atom. The van der Waals surface area contributed by atoms with E-state index in [0.29, 0.717) is 12.8 Å². The smallest absolute Gasteiger partial charge is 0.407 e. The van der Waals surface area contributed by atoms with E-state index in [1.807, 2.05) is 31.2 Å². The van der Waals surface area contributed by atoms with Crippen molar-refractivity contribution < 1.29 is 29.0 Å². The first-order valence-corrected chi connectivity index (χ1v) is 12.2. The van der Waals surface area contributed by atoms with Crippen LogP contribution in [0.15, 0.2) is 48.5 Å². The van der Waals surface area contributed by atoms with Crippen LogP contribution in [0.5, 0.6) is 0 Å². The SMILES string of the molecule is CCCC(CNC(=O)OCC1c2ccccc2-c2ccccc21)C(=O)NCC1CC(C(=O)O)CO1. The second-order valence-corrected chi connectivity index (χ2v) is 9.16. The van der Waals surface area contributed by atoms with E-state index in [0.717, 1.165) is 28.7 Å². The molecule has 1 heterocycles. The molecule has 1 saturated heterocycles. The number of rotatable bonds is 10. The zero-order valence-corrected chi connectivity index (χ0v) is 19.9. The van der Waals surface area contributed by atoms with Crippen molar-refractivity contribution in [3.8, 4) is 11.1 Å². The highest BCUT2D eigenvalue weighted by atomic mass is 16.5. The van der Waals surface area contributed by atoms with Crippen molar-refractivity contribution in [2.24, 2.45) is 11.8 Å². The molecule has 2 aromatic carbocycles. The van der Waals surface area contributed by atoms with Gasteiger partial charge < -0.3 is 25.2 Å². The predicted molar refractivity (Wildman–Crippen MR) is 130 cm³/mol. The van der Waals surface area contributed by atoms with Gasteiger partial charge in [0.25, 0.3) is 0 Å². The highest BCUT2D eigenvalue weighted by Crippen LogP contribution is 2.44. The topological polar surface area (TPSA) is 114 Å². The fraction of sp³-hybridized carbons (Fsp3) is 0.444. The number of carboxylic acids is 1. The summed E-state index contributed by atoms with van der Waals surface area (Å²) < 4.78 is 11.0. The number of carboxylic acid groups (broad SMARTS) is 1. The number of amides is 2. The molecule has 1 fully saturated rings. The van der Waals surface area contributed by atoms with E-state index in [2.05, 4.69) is 34.9 Å². The number of ether oxygens (including phenoxy) is 2. The molecule has 0 saturated carbocycles. The number of alkyl carbamates (subject to hydrolysis) is 1. The van der Waals surface area contributed by atoms with Gasteiger partial charge in [0.1, 0.15) is 6.61 Å². The lowest BCUT2D eigenvalue weighted by Gasteiger charge is -2.19. The summed E-state index contributed by atoms with van der Waals surface area (Å²) in [7, 11) is 0. The Kier molecular flexibility index (Phi) is 8.02. The zero-order chi connectivity index (χ0) is 24.8. The van der Waals surface area contributed by atoms with Crippen LogP contribution in [0.3, 0.4) is 0 Å². The number of carbonyl (C=O) groups excluding carboxylic acids is 2. The van der Waals surface area contributed by atoms with Gasteiger partial charge in [-0.2, -0.15) is 0 Å². The van der Waals surface area contributed by atoms with Gasteiger partial charge >= 0.3 is 12.1 Å². The van der Waals surface area contributed by atoms with Crippen LogP contribution in [0.25, 0.3) is 11.1 Å². The molecule has 1 aliphatic heterocycles. The monoisotopic (exact) mass is 480 g/mol. The van der Waals surface area contributed by atoms with E-state index in [4.69, 9.17) is 14.6 Å². The third kappa shape index (κ3) is 5.82. The molecule has 3 atom stereocenters. The summed E-state index contributed by atoms with van der Waals surface area (Å²) in [5.74, 6) is -2.03. The molecule has 4 rings (SSSR count). The Morgan fingerprint density at radius 1 is 1.06 bits per heavy atom. The van der Waals surface area contributed by atoms with Crippen molar-refractivity contribution in [2.45, 2.75) is 38.2 Å². The lowest BCUT2D eigenvalue weighted by molar-refractivity contribution is -0.141. The van der Waals surface area contributed by atoms with Gasteiger partial charge in [-0.3, -0.25) is 9.59 Å². The van der Waals surface area contributed by atoms with Crippen LogP contribution in [-0.2, 0) is 19.1 Å². The van der Waals surface area contributed by atoms with Crippen LogP contribution in [-0.4, -0.2) is 55.5 Å². The molecule has 3 unspecified atom stereocenters. The normalized spacial score (nSPS) is 19.5. The van der Waals surface area contributed by atoms with Gasteiger partial charge in [-0.15, -0.1) is 0 Å². The minimum atomic E-state index is -0.880. The van der Waals surface area contributed by atoms with Crippen molar-refractivity contribution >= 4 is 18.0 Å². The molecule has 2 aromatic rings. The van der Waals surface area contributed by atoms with Gasteiger partial charge in [0.05, 0.1) is 24.5 Å². The van der Waals surface area contributed by atoms with Gasteiger partial charge in [-0.05, 0) is 35.1 Å². The molecule has 8 nitrogen and oxygen atoms in total. The first-order chi connectivity index (χ1) is 17.0. The van der Waals surface area contributed by atoms with E-state index < -0.39 is 23.9 Å². The van der Waals surface area contributed by atoms with Crippen LogP contribution >= 0.6 is 0 Å². The summed E-state index contributed by atoms with van der Waals surface area (Å²) in [5, 5.41) is 14.7. The van der Waals surface area contributed by atoms with E-state index in [1.165, 1.54) is 0 Å². The third-order valence-corrected chi connectivity index (χ3v) is 6.78. The number of fused-ring (bicyclic) bond motifs is 3. The van der Waals surface area contributed by atoms with Gasteiger partial charge in [-0.1, -0.05) is 61.9 Å². The van der Waals surface area contributed by atoms with Crippen molar-refractivity contribution in [3.05, 3.63) is 59.7 Å². The highest BCUT2D eigenvalue weighted by Gasteiger charge is 2.32. The Hall–Kier alpha value is -3.39. The second kappa shape index (κ2) is 11.4. The molecule has 1 aliphatic carbocycles. The van der Waals surface area contributed by atoms with E-state index in [9.17, 15) is 14.4 Å². The lowest BCUT2D eigenvalue weighted by atomic mass is 9.98. The molecule has 35 heavy (non-hydrogen) atoms. The largest absolute Gasteiger partial charge is 0.481 e. The Bertz CT molecular complexity index is 1030. The molecule has 3 N–H and O–H groups in total. The summed E-state index contributed by atoms with van der Waals surface area (Å²) in [5.41, 5.74) is 4.61. The molecule has 186 valence electrons. The van der Waals surface area contributed by atoms with E-state index in [1.54, 1.807) is 0 Å². The maximum atomic E-state index is 12.7. The predicted octanol–water partition coefficient (Wildman–Crippen LogP) is 3.55. The van der Waals surface area contributed by atoms with Crippen LogP contribution < -0.4 is 10.6 Å². The molecule has 2 amide bonds. The minimum Gasteiger partial charge on any atom is -0.481 e. The Balaban J connectivity index is 1.26. The molecular weight excluding hydrogens is 448 g/mol. The fourth-order valence-electron chi connectivity index (χ4n) is 4.91. The number of hydrogen-bond acceptors (Lipinski definition) is 5. The first-order valence-electron chi connectivity index (χ1n) is 12.2. The van der Waals surface area contributed by atoms with Crippen molar-refractivity contribution in [2.75, 3.05) is 26.3 Å². The molecular formula is C27H32N2O6. The fourth-order valence-corrected chi connectivity index (χ4v) is 4.91. The van der Waals surface area contributed by atoms with Crippen molar-refractivity contribution in [1.29, 1.82) is 0 Å². The van der Waals surface area contributed by atoms with Crippen molar-refractivity contribution in [1.82, 2.24) is 10.6 Å². The summed E-state index contributed by atoms with van der Waals surface area (Å²) in [6, 6.07) is 16.3. The highest BCUT2D eigenvalue weighted by molar-refractivity contribution is 5.80. The maximum absolute atomic E-state index is 12.7. The molecule has 8 heteroatoms. The lowest BCUT2D eigenvalue weighted by Crippen LogP contribution is -2.41. The number of benzene rings is 2. The van der Waals surface area contributed by atoms with Crippen molar-refractivity contribution in [3.63, 3.8) is 0 Å². The molecule has 0 spiro atoms. The quantitative estimate of drug-likeness (QED) is 0.479. The minimum absolute atomic E-state index is 0.0241. The molecule has 0 radical (unpaired) electrons. The summed E-state index contributed by atoms with van der Waals surface area (Å²) >= 11 is 0. The van der Waals surface area contributed by atoms with Gasteiger partial charge in [0, 0.05) is 19.0 Å². The molecule has 0 aromatic heterocycles. The van der Waals surface area contributed by atoms with Gasteiger partial charge in [0.15, 0.2) is 0 Å². The van der Waals surface area contributed by atoms with Crippen LogP contribution in [0.2, 0.25) is 0 Å². The number of carbonyl (C=O) groups is 3. The summed E-state index contributed by atoms with van der Waals surface area (Å²) in [4.78, 5) is 36.2. The molecule has 0 bridgehead atoms. The Labute approximate surface area is 205 Å². The summed E-state index contributed by atoms with van der Waals surface area (Å²) in [6.07, 6.45) is 0.914. The van der Waals surface area contributed by atoms with Crippen LogP contribution in [0.4, 0.5) is 4.79 Å². The summed E-state index contributed by atoms with van der Waals surface area (Å²) in [6.45, 7) is 2.78. The molecule has 2 aliphatic rings. The average molecular weight is 481 g/mol.